The van der Waals surface area contributed by atoms with Gasteiger partial charge in [-0.25, -0.2) is 0 Å². The molecule has 5 nitrogen and oxygen atoms in total. The molecular weight excluding hydrogens is 378 g/mol. The Bertz CT molecular complexity index is 675. The molecule has 1 heterocycles. The molecule has 1 aromatic heterocycles. The van der Waals surface area contributed by atoms with Crippen LogP contribution in [0.4, 0.5) is 0 Å². The Balaban J connectivity index is 2.49. The minimum absolute atomic E-state index is 0.0585. The van der Waals surface area contributed by atoms with Gasteiger partial charge in [0.05, 0.1) is 10.8 Å². The molecule has 0 amide bonds. The summed E-state index contributed by atoms with van der Waals surface area (Å²) in [7, 11) is 0. The molecule has 21 heavy (non-hydrogen) atoms. The van der Waals surface area contributed by atoms with E-state index < -0.39 is 5.97 Å². The second-order valence-electron chi connectivity index (χ2n) is 4.55. The van der Waals surface area contributed by atoms with Gasteiger partial charge in [-0.15, -0.1) is 10.2 Å². The summed E-state index contributed by atoms with van der Waals surface area (Å²) in [6, 6.07) is 5.67. The van der Waals surface area contributed by atoms with E-state index in [1.165, 1.54) is 0 Å². The van der Waals surface area contributed by atoms with Gasteiger partial charge < -0.3 is 5.11 Å². The summed E-state index contributed by atoms with van der Waals surface area (Å²) in [5.41, 5.74) is 0.759. The highest BCUT2D eigenvalue weighted by Gasteiger charge is 2.20. The number of nitrogens with zero attached hydrogens (tertiary/aromatic N) is 3. The molecule has 0 aliphatic rings. The molecule has 0 unspecified atom stereocenters. The molecule has 0 radical (unpaired) electrons. The number of hydrogen-bond acceptors (Lipinski definition) is 4. The number of carbonyl (C=O) groups is 1. The van der Waals surface area contributed by atoms with Gasteiger partial charge in [-0.2, -0.15) is 0 Å². The van der Waals surface area contributed by atoms with Crippen LogP contribution in [0, 0.1) is 0 Å². The molecule has 0 fully saturated rings. The first-order valence-corrected chi connectivity index (χ1v) is 8.31. The maximum absolute atomic E-state index is 10.7. The standard InChI is InChI=1S/C13H13BrClN3O2S/c1-7(2)18-12(8-4-3-5-9(14)11(8)15)16-17-13(18)21-6-10(19)20/h3-5,7H,6H2,1-2H3,(H,19,20). The fourth-order valence-corrected chi connectivity index (χ4v) is 3.19. The zero-order valence-electron chi connectivity index (χ0n) is 11.4. The number of hydrogen-bond donors (Lipinski definition) is 1. The number of carboxylic acid groups (broad SMARTS) is 1. The number of rotatable bonds is 5. The molecule has 0 aliphatic carbocycles. The average molecular weight is 391 g/mol. The first-order chi connectivity index (χ1) is 9.91. The minimum atomic E-state index is -0.889. The van der Waals surface area contributed by atoms with Crippen molar-refractivity contribution in [3.8, 4) is 11.4 Å². The Hall–Kier alpha value is -1.05. The molecule has 1 N–H and O–H groups in total. The second kappa shape index (κ2) is 6.81. The fourth-order valence-electron chi connectivity index (χ4n) is 1.83. The third-order valence-corrected chi connectivity index (χ3v) is 4.92. The van der Waals surface area contributed by atoms with Crippen molar-refractivity contribution >= 4 is 45.3 Å². The van der Waals surface area contributed by atoms with E-state index in [0.29, 0.717) is 16.0 Å². The average Bonchev–Trinajstić information content (AvgIpc) is 2.83. The molecule has 2 aromatic rings. The normalized spacial score (nSPS) is 11.1. The lowest BCUT2D eigenvalue weighted by atomic mass is 10.2. The summed E-state index contributed by atoms with van der Waals surface area (Å²) >= 11 is 10.8. The van der Waals surface area contributed by atoms with E-state index in [4.69, 9.17) is 16.7 Å². The number of aromatic nitrogens is 3. The predicted octanol–water partition coefficient (Wildman–Crippen LogP) is 4.12. The molecule has 0 aliphatic heterocycles. The molecule has 1 aromatic carbocycles. The molecule has 112 valence electrons. The van der Waals surface area contributed by atoms with Gasteiger partial charge in [-0.3, -0.25) is 9.36 Å². The van der Waals surface area contributed by atoms with E-state index in [1.807, 2.05) is 36.6 Å². The van der Waals surface area contributed by atoms with Crippen molar-refractivity contribution in [2.45, 2.75) is 25.0 Å². The third kappa shape index (κ3) is 3.59. The fraction of sp³-hybridized carbons (Fsp3) is 0.308. The number of aliphatic carboxylic acids is 1. The maximum Gasteiger partial charge on any atom is 0.313 e. The van der Waals surface area contributed by atoms with Crippen LogP contribution in [-0.2, 0) is 4.79 Å². The van der Waals surface area contributed by atoms with Crippen molar-refractivity contribution in [3.05, 3.63) is 27.7 Å². The zero-order chi connectivity index (χ0) is 15.6. The molecule has 0 spiro atoms. The molecule has 8 heteroatoms. The minimum Gasteiger partial charge on any atom is -0.481 e. The Morgan fingerprint density at radius 3 is 2.81 bits per heavy atom. The lowest BCUT2D eigenvalue weighted by Gasteiger charge is -2.14. The molecule has 0 saturated heterocycles. The quantitative estimate of drug-likeness (QED) is 0.778. The van der Waals surface area contributed by atoms with Gasteiger partial charge in [0.15, 0.2) is 11.0 Å². The SMILES string of the molecule is CC(C)n1c(SCC(=O)O)nnc1-c1cccc(Br)c1Cl. The van der Waals surface area contributed by atoms with Gasteiger partial charge in [0.2, 0.25) is 0 Å². The number of carboxylic acids is 1. The Labute approximate surface area is 139 Å². The van der Waals surface area contributed by atoms with Crippen LogP contribution in [0.25, 0.3) is 11.4 Å². The Morgan fingerprint density at radius 1 is 1.48 bits per heavy atom. The number of halogens is 2. The molecule has 0 bridgehead atoms. The summed E-state index contributed by atoms with van der Waals surface area (Å²) in [5.74, 6) is -0.318. The Kier molecular flexibility index (Phi) is 5.29. The smallest absolute Gasteiger partial charge is 0.313 e. The van der Waals surface area contributed by atoms with Crippen LogP contribution in [0.2, 0.25) is 5.02 Å². The van der Waals surface area contributed by atoms with E-state index in [0.717, 1.165) is 21.8 Å². The van der Waals surface area contributed by atoms with Crippen molar-refractivity contribution < 1.29 is 9.90 Å². The van der Waals surface area contributed by atoms with Crippen molar-refractivity contribution in [2.24, 2.45) is 0 Å². The highest BCUT2D eigenvalue weighted by molar-refractivity contribution is 9.10. The van der Waals surface area contributed by atoms with E-state index in [2.05, 4.69) is 26.1 Å². The van der Waals surface area contributed by atoms with Crippen molar-refractivity contribution in [3.63, 3.8) is 0 Å². The lowest BCUT2D eigenvalue weighted by Crippen LogP contribution is -2.07. The van der Waals surface area contributed by atoms with Gasteiger partial charge in [0.25, 0.3) is 0 Å². The van der Waals surface area contributed by atoms with Crippen LogP contribution in [0.5, 0.6) is 0 Å². The van der Waals surface area contributed by atoms with Crippen LogP contribution in [0.1, 0.15) is 19.9 Å². The highest BCUT2D eigenvalue weighted by Crippen LogP contribution is 2.35. The molecule has 0 saturated carbocycles. The van der Waals surface area contributed by atoms with Gasteiger partial charge in [-0.1, -0.05) is 29.4 Å². The molecule has 2 rings (SSSR count). The summed E-state index contributed by atoms with van der Waals surface area (Å²) in [5, 5.41) is 18.2. The highest BCUT2D eigenvalue weighted by atomic mass is 79.9. The summed E-state index contributed by atoms with van der Waals surface area (Å²) in [4.78, 5) is 10.7. The van der Waals surface area contributed by atoms with Crippen molar-refractivity contribution in [1.29, 1.82) is 0 Å². The lowest BCUT2D eigenvalue weighted by molar-refractivity contribution is -0.133. The molecule has 0 atom stereocenters. The first-order valence-electron chi connectivity index (χ1n) is 6.15. The van der Waals surface area contributed by atoms with Crippen LogP contribution < -0.4 is 0 Å². The van der Waals surface area contributed by atoms with Gasteiger partial charge >= 0.3 is 5.97 Å². The van der Waals surface area contributed by atoms with Crippen LogP contribution >= 0.6 is 39.3 Å². The van der Waals surface area contributed by atoms with E-state index >= 15 is 0 Å². The number of benzene rings is 1. The van der Waals surface area contributed by atoms with Crippen LogP contribution in [0.3, 0.4) is 0 Å². The van der Waals surface area contributed by atoms with Crippen molar-refractivity contribution in [1.82, 2.24) is 14.8 Å². The molecular formula is C13H13BrClN3O2S. The third-order valence-electron chi connectivity index (χ3n) is 2.70. The van der Waals surface area contributed by atoms with Crippen LogP contribution in [-0.4, -0.2) is 31.6 Å². The number of thioether (sulfide) groups is 1. The van der Waals surface area contributed by atoms with Gasteiger partial charge in [-0.05, 0) is 41.9 Å². The second-order valence-corrected chi connectivity index (χ2v) is 6.73. The maximum atomic E-state index is 10.7. The van der Waals surface area contributed by atoms with E-state index in [-0.39, 0.29) is 11.8 Å². The first kappa shape index (κ1) is 16.3. The largest absolute Gasteiger partial charge is 0.481 e. The Morgan fingerprint density at radius 2 is 2.19 bits per heavy atom. The van der Waals surface area contributed by atoms with Gasteiger partial charge in [0, 0.05) is 16.1 Å². The summed E-state index contributed by atoms with van der Waals surface area (Å²) in [6.07, 6.45) is 0. The van der Waals surface area contributed by atoms with E-state index in [9.17, 15) is 4.79 Å². The monoisotopic (exact) mass is 389 g/mol. The van der Waals surface area contributed by atoms with Crippen LogP contribution in [0.15, 0.2) is 27.8 Å². The predicted molar refractivity (Wildman–Crippen MR) is 86.9 cm³/mol. The summed E-state index contributed by atoms with van der Waals surface area (Å²) in [6.45, 7) is 3.98. The van der Waals surface area contributed by atoms with E-state index in [1.54, 1.807) is 0 Å². The zero-order valence-corrected chi connectivity index (χ0v) is 14.5. The van der Waals surface area contributed by atoms with Crippen molar-refractivity contribution in [2.75, 3.05) is 5.75 Å². The summed E-state index contributed by atoms with van der Waals surface area (Å²) < 4.78 is 2.67. The van der Waals surface area contributed by atoms with Gasteiger partial charge in [0.1, 0.15) is 0 Å². The topological polar surface area (TPSA) is 68.0 Å².